The molecule has 1 aromatic rings. The SMILES string of the molecule is CC(=O)c1cc(C(=O)NC2CCCC2C(=O)O)n(C)c1. The van der Waals surface area contributed by atoms with Crippen molar-refractivity contribution in [2.24, 2.45) is 13.0 Å². The zero-order valence-corrected chi connectivity index (χ0v) is 11.5. The third-order valence-electron chi connectivity index (χ3n) is 3.79. The first-order chi connectivity index (χ1) is 9.40. The second-order valence-electron chi connectivity index (χ2n) is 5.24. The molecule has 1 heterocycles. The molecule has 2 rings (SSSR count). The van der Waals surface area contributed by atoms with E-state index in [1.165, 1.54) is 13.0 Å². The molecule has 1 aliphatic rings. The number of carboxylic acids is 1. The van der Waals surface area contributed by atoms with E-state index in [9.17, 15) is 14.4 Å². The van der Waals surface area contributed by atoms with Gasteiger partial charge in [0, 0.05) is 24.8 Å². The van der Waals surface area contributed by atoms with E-state index in [0.29, 0.717) is 24.1 Å². The number of nitrogens with zero attached hydrogens (tertiary/aromatic N) is 1. The summed E-state index contributed by atoms with van der Waals surface area (Å²) in [5.41, 5.74) is 0.838. The average Bonchev–Trinajstić information content (AvgIpc) is 2.95. The van der Waals surface area contributed by atoms with Crippen LogP contribution in [0.15, 0.2) is 12.3 Å². The number of nitrogens with one attached hydrogen (secondary N) is 1. The van der Waals surface area contributed by atoms with Crippen molar-refractivity contribution >= 4 is 17.7 Å². The van der Waals surface area contributed by atoms with Gasteiger partial charge in [-0.1, -0.05) is 6.42 Å². The van der Waals surface area contributed by atoms with Gasteiger partial charge in [-0.15, -0.1) is 0 Å². The summed E-state index contributed by atoms with van der Waals surface area (Å²) in [4.78, 5) is 34.6. The quantitative estimate of drug-likeness (QED) is 0.810. The summed E-state index contributed by atoms with van der Waals surface area (Å²) in [5, 5.41) is 11.9. The highest BCUT2D eigenvalue weighted by atomic mass is 16.4. The summed E-state index contributed by atoms with van der Waals surface area (Å²) in [6.45, 7) is 1.44. The summed E-state index contributed by atoms with van der Waals surface area (Å²) in [7, 11) is 1.69. The van der Waals surface area contributed by atoms with E-state index in [1.807, 2.05) is 0 Å². The van der Waals surface area contributed by atoms with Crippen molar-refractivity contribution in [1.82, 2.24) is 9.88 Å². The van der Waals surface area contributed by atoms with E-state index < -0.39 is 11.9 Å². The molecule has 0 aliphatic heterocycles. The summed E-state index contributed by atoms with van der Waals surface area (Å²) in [6, 6.07) is 1.19. The van der Waals surface area contributed by atoms with Crippen LogP contribution in [-0.2, 0) is 11.8 Å². The van der Waals surface area contributed by atoms with Crippen molar-refractivity contribution in [3.05, 3.63) is 23.5 Å². The predicted molar refractivity (Wildman–Crippen MR) is 71.6 cm³/mol. The Labute approximate surface area is 116 Å². The van der Waals surface area contributed by atoms with Crippen molar-refractivity contribution in [1.29, 1.82) is 0 Å². The highest BCUT2D eigenvalue weighted by Gasteiger charge is 2.34. The number of aryl methyl sites for hydroxylation is 1. The molecular weight excluding hydrogens is 260 g/mol. The van der Waals surface area contributed by atoms with Crippen LogP contribution in [0, 0.1) is 5.92 Å². The fraction of sp³-hybridized carbons (Fsp3) is 0.500. The smallest absolute Gasteiger partial charge is 0.308 e. The van der Waals surface area contributed by atoms with Crippen molar-refractivity contribution < 1.29 is 19.5 Å². The zero-order chi connectivity index (χ0) is 14.9. The number of hydrogen-bond acceptors (Lipinski definition) is 3. The van der Waals surface area contributed by atoms with E-state index in [1.54, 1.807) is 17.8 Å². The maximum Gasteiger partial charge on any atom is 0.308 e. The van der Waals surface area contributed by atoms with Gasteiger partial charge in [0.05, 0.1) is 5.92 Å². The molecule has 1 fully saturated rings. The Morgan fingerprint density at radius 3 is 2.60 bits per heavy atom. The first-order valence-corrected chi connectivity index (χ1v) is 6.61. The van der Waals surface area contributed by atoms with Crippen LogP contribution in [0.1, 0.15) is 47.0 Å². The zero-order valence-electron chi connectivity index (χ0n) is 11.5. The number of rotatable bonds is 4. The van der Waals surface area contributed by atoms with Gasteiger partial charge in [-0.25, -0.2) is 0 Å². The van der Waals surface area contributed by atoms with E-state index in [4.69, 9.17) is 5.11 Å². The number of amides is 1. The number of carbonyl (C=O) groups is 3. The lowest BCUT2D eigenvalue weighted by Gasteiger charge is -2.17. The molecule has 6 nitrogen and oxygen atoms in total. The fourth-order valence-electron chi connectivity index (χ4n) is 2.65. The lowest BCUT2D eigenvalue weighted by molar-refractivity contribution is -0.142. The van der Waals surface area contributed by atoms with Crippen molar-refractivity contribution in [3.8, 4) is 0 Å². The molecule has 2 atom stereocenters. The summed E-state index contributed by atoms with van der Waals surface area (Å²) < 4.78 is 1.58. The molecule has 6 heteroatoms. The van der Waals surface area contributed by atoms with E-state index in [2.05, 4.69) is 5.32 Å². The van der Waals surface area contributed by atoms with Gasteiger partial charge in [-0.2, -0.15) is 0 Å². The molecule has 0 aromatic carbocycles. The Kier molecular flexibility index (Phi) is 3.92. The molecular formula is C14H18N2O4. The minimum Gasteiger partial charge on any atom is -0.481 e. The number of hydrogen-bond donors (Lipinski definition) is 2. The van der Waals surface area contributed by atoms with E-state index >= 15 is 0 Å². The Balaban J connectivity index is 2.12. The predicted octanol–water partition coefficient (Wildman–Crippen LogP) is 1.21. The molecule has 2 N–H and O–H groups in total. The van der Waals surface area contributed by atoms with Gasteiger partial charge in [-0.3, -0.25) is 14.4 Å². The van der Waals surface area contributed by atoms with Gasteiger partial charge >= 0.3 is 5.97 Å². The normalized spacial score (nSPS) is 21.7. The second-order valence-corrected chi connectivity index (χ2v) is 5.24. The molecule has 0 bridgehead atoms. The van der Waals surface area contributed by atoms with Crippen molar-refractivity contribution in [2.45, 2.75) is 32.2 Å². The molecule has 1 amide bonds. The maximum atomic E-state index is 12.2. The third-order valence-corrected chi connectivity index (χ3v) is 3.79. The first kappa shape index (κ1) is 14.3. The number of aliphatic carboxylic acids is 1. The van der Waals surface area contributed by atoms with Crippen LogP contribution in [0.2, 0.25) is 0 Å². The Morgan fingerprint density at radius 1 is 1.35 bits per heavy atom. The van der Waals surface area contributed by atoms with Crippen molar-refractivity contribution in [3.63, 3.8) is 0 Å². The Hall–Kier alpha value is -2.11. The Bertz CT molecular complexity index is 562. The molecule has 2 unspecified atom stereocenters. The molecule has 108 valence electrons. The van der Waals surface area contributed by atoms with Gasteiger partial charge in [-0.05, 0) is 25.8 Å². The van der Waals surface area contributed by atoms with Crippen LogP contribution in [0.3, 0.4) is 0 Å². The number of carbonyl (C=O) groups excluding carboxylic acids is 2. The maximum absolute atomic E-state index is 12.2. The van der Waals surface area contributed by atoms with Crippen LogP contribution in [0.25, 0.3) is 0 Å². The molecule has 0 radical (unpaired) electrons. The molecule has 0 spiro atoms. The molecule has 1 aliphatic carbocycles. The molecule has 1 saturated carbocycles. The summed E-state index contributed by atoms with van der Waals surface area (Å²) in [6.07, 6.45) is 3.66. The summed E-state index contributed by atoms with van der Waals surface area (Å²) >= 11 is 0. The van der Waals surface area contributed by atoms with Gasteiger partial charge in [0.1, 0.15) is 5.69 Å². The summed E-state index contributed by atoms with van der Waals surface area (Å²) in [5.74, 6) is -1.84. The van der Waals surface area contributed by atoms with Gasteiger partial charge in [0.25, 0.3) is 5.91 Å². The van der Waals surface area contributed by atoms with Gasteiger partial charge < -0.3 is 15.0 Å². The van der Waals surface area contributed by atoms with Crippen LogP contribution >= 0.6 is 0 Å². The van der Waals surface area contributed by atoms with E-state index in [0.717, 1.165) is 6.42 Å². The minimum absolute atomic E-state index is 0.107. The van der Waals surface area contributed by atoms with E-state index in [-0.39, 0.29) is 17.7 Å². The lowest BCUT2D eigenvalue weighted by atomic mass is 10.0. The first-order valence-electron chi connectivity index (χ1n) is 6.61. The minimum atomic E-state index is -0.871. The largest absolute Gasteiger partial charge is 0.481 e. The fourth-order valence-corrected chi connectivity index (χ4v) is 2.65. The van der Waals surface area contributed by atoms with Crippen LogP contribution in [0.4, 0.5) is 0 Å². The number of aromatic nitrogens is 1. The second kappa shape index (κ2) is 5.48. The van der Waals surface area contributed by atoms with Crippen LogP contribution < -0.4 is 5.32 Å². The number of ketones is 1. The monoisotopic (exact) mass is 278 g/mol. The molecule has 20 heavy (non-hydrogen) atoms. The lowest BCUT2D eigenvalue weighted by Crippen LogP contribution is -2.40. The van der Waals surface area contributed by atoms with Crippen LogP contribution in [-0.4, -0.2) is 33.4 Å². The average molecular weight is 278 g/mol. The Morgan fingerprint density at radius 2 is 2.05 bits per heavy atom. The highest BCUT2D eigenvalue weighted by Crippen LogP contribution is 2.26. The van der Waals surface area contributed by atoms with Gasteiger partial charge in [0.15, 0.2) is 5.78 Å². The highest BCUT2D eigenvalue weighted by molar-refractivity contribution is 5.99. The number of Topliss-reactive ketones (excluding diaryl/α,β-unsaturated/α-hetero) is 1. The molecule has 1 aromatic heterocycles. The molecule has 0 saturated heterocycles. The standard InChI is InChI=1S/C14H18N2O4/c1-8(17)9-6-12(16(2)7-9)13(18)15-11-5-3-4-10(11)14(19)20/h6-7,10-11H,3-5H2,1-2H3,(H,15,18)(H,19,20). The van der Waals surface area contributed by atoms with Gasteiger partial charge in [0.2, 0.25) is 0 Å². The topological polar surface area (TPSA) is 88.4 Å². The van der Waals surface area contributed by atoms with Crippen molar-refractivity contribution in [2.75, 3.05) is 0 Å². The van der Waals surface area contributed by atoms with Crippen LogP contribution in [0.5, 0.6) is 0 Å². The third kappa shape index (κ3) is 2.74. The number of carboxylic acid groups (broad SMARTS) is 1.